The lowest BCUT2D eigenvalue weighted by Gasteiger charge is -2.31. The fourth-order valence-corrected chi connectivity index (χ4v) is 4.32. The van der Waals surface area contributed by atoms with E-state index in [-0.39, 0.29) is 0 Å². The molecule has 3 aromatic rings. The second-order valence-corrected chi connectivity index (χ2v) is 8.26. The fraction of sp³-hybridized carbons (Fsp3) is 0.520. The van der Waals surface area contributed by atoms with Gasteiger partial charge in [-0.3, -0.25) is 0 Å². The first kappa shape index (κ1) is 19.0. The minimum Gasteiger partial charge on any atom is -0.355 e. The van der Waals surface area contributed by atoms with Crippen molar-refractivity contribution in [2.45, 2.75) is 84.0 Å². The van der Waals surface area contributed by atoms with E-state index in [9.17, 15) is 0 Å². The highest BCUT2D eigenvalue weighted by Crippen LogP contribution is 2.38. The van der Waals surface area contributed by atoms with E-state index in [0.717, 1.165) is 0 Å². The zero-order valence-corrected chi connectivity index (χ0v) is 16.9. The molecule has 1 unspecified atom stereocenters. The maximum atomic E-state index is 3.57. The molecule has 1 heteroatoms. The second-order valence-electron chi connectivity index (χ2n) is 8.26. The Bertz CT molecular complexity index is 828. The fourth-order valence-electron chi connectivity index (χ4n) is 4.32. The number of aromatic nitrogens is 1. The third kappa shape index (κ3) is 4.14. The summed E-state index contributed by atoms with van der Waals surface area (Å²) >= 11 is 0. The highest BCUT2D eigenvalue weighted by Gasteiger charge is 2.26. The molecular weight excluding hydrogens is 314 g/mol. The molecular formula is C25H35N. The molecule has 0 aliphatic rings. The van der Waals surface area contributed by atoms with E-state index in [1.54, 1.807) is 0 Å². The van der Waals surface area contributed by atoms with E-state index in [1.165, 1.54) is 85.2 Å². The SMILES string of the molecule is CCCCCCCC(C)(CCCC)c1ccc2[nH]c3ccccc3c2c1. The van der Waals surface area contributed by atoms with Gasteiger partial charge in [-0.1, -0.05) is 90.0 Å². The molecule has 1 N–H and O–H groups in total. The van der Waals surface area contributed by atoms with Gasteiger partial charge in [-0.05, 0) is 42.0 Å². The number of hydrogen-bond acceptors (Lipinski definition) is 0. The van der Waals surface area contributed by atoms with Gasteiger partial charge in [0.15, 0.2) is 0 Å². The van der Waals surface area contributed by atoms with Gasteiger partial charge in [0.05, 0.1) is 0 Å². The minimum absolute atomic E-state index is 0.300. The van der Waals surface area contributed by atoms with E-state index < -0.39 is 0 Å². The molecule has 1 atom stereocenters. The molecule has 1 heterocycles. The normalized spacial score (nSPS) is 14.1. The quantitative estimate of drug-likeness (QED) is 0.356. The van der Waals surface area contributed by atoms with Crippen LogP contribution in [0.2, 0.25) is 0 Å². The standard InChI is InChI=1S/C25H35N/c1-4-6-8-9-12-18-25(3,17-7-5-2)20-15-16-24-22(19-20)21-13-10-11-14-23(21)26-24/h10-11,13-16,19,26H,4-9,12,17-18H2,1-3H3. The van der Waals surface area contributed by atoms with Crippen LogP contribution in [0, 0.1) is 0 Å². The maximum absolute atomic E-state index is 3.57. The molecule has 0 amide bonds. The van der Waals surface area contributed by atoms with Crippen molar-refractivity contribution in [3.05, 3.63) is 48.0 Å². The second kappa shape index (κ2) is 8.75. The Kier molecular flexibility index (Phi) is 6.40. The third-order valence-corrected chi connectivity index (χ3v) is 6.12. The Morgan fingerprint density at radius 3 is 2.23 bits per heavy atom. The third-order valence-electron chi connectivity index (χ3n) is 6.12. The van der Waals surface area contributed by atoms with E-state index >= 15 is 0 Å². The smallest absolute Gasteiger partial charge is 0.0465 e. The molecule has 0 saturated carbocycles. The largest absolute Gasteiger partial charge is 0.355 e. The first-order valence-corrected chi connectivity index (χ1v) is 10.7. The zero-order valence-electron chi connectivity index (χ0n) is 16.9. The minimum atomic E-state index is 0.300. The predicted octanol–water partition coefficient (Wildman–Crippen LogP) is 8.13. The molecule has 1 nitrogen and oxygen atoms in total. The summed E-state index contributed by atoms with van der Waals surface area (Å²) < 4.78 is 0. The lowest BCUT2D eigenvalue weighted by Crippen LogP contribution is -2.22. The van der Waals surface area contributed by atoms with Gasteiger partial charge >= 0.3 is 0 Å². The van der Waals surface area contributed by atoms with Gasteiger partial charge in [-0.2, -0.15) is 0 Å². The summed E-state index contributed by atoms with van der Waals surface area (Å²) in [5.41, 5.74) is 4.33. The molecule has 3 rings (SSSR count). The molecule has 0 bridgehead atoms. The molecule has 1 aromatic heterocycles. The summed E-state index contributed by atoms with van der Waals surface area (Å²) in [6.07, 6.45) is 12.0. The van der Waals surface area contributed by atoms with Crippen molar-refractivity contribution in [1.29, 1.82) is 0 Å². The molecule has 26 heavy (non-hydrogen) atoms. The van der Waals surface area contributed by atoms with Crippen LogP contribution in [0.15, 0.2) is 42.5 Å². The van der Waals surface area contributed by atoms with Gasteiger partial charge in [-0.15, -0.1) is 0 Å². The lowest BCUT2D eigenvalue weighted by molar-refractivity contribution is 0.368. The number of para-hydroxylation sites is 1. The highest BCUT2D eigenvalue weighted by molar-refractivity contribution is 6.07. The first-order chi connectivity index (χ1) is 12.7. The van der Waals surface area contributed by atoms with Crippen molar-refractivity contribution < 1.29 is 0 Å². The summed E-state index contributed by atoms with van der Waals surface area (Å²) in [5, 5.41) is 2.73. The van der Waals surface area contributed by atoms with Crippen molar-refractivity contribution in [3.63, 3.8) is 0 Å². The van der Waals surface area contributed by atoms with Crippen LogP contribution in [0.5, 0.6) is 0 Å². The first-order valence-electron chi connectivity index (χ1n) is 10.7. The predicted molar refractivity (Wildman–Crippen MR) is 116 cm³/mol. The number of hydrogen-bond donors (Lipinski definition) is 1. The molecule has 0 fully saturated rings. The van der Waals surface area contributed by atoms with Gasteiger partial charge in [0.1, 0.15) is 0 Å². The van der Waals surface area contributed by atoms with Crippen molar-refractivity contribution in [2.75, 3.05) is 0 Å². The van der Waals surface area contributed by atoms with Crippen LogP contribution in [0.4, 0.5) is 0 Å². The Balaban J connectivity index is 1.88. The highest BCUT2D eigenvalue weighted by atomic mass is 14.7. The van der Waals surface area contributed by atoms with Crippen molar-refractivity contribution in [1.82, 2.24) is 4.98 Å². The molecule has 0 radical (unpaired) electrons. The molecule has 0 spiro atoms. The van der Waals surface area contributed by atoms with E-state index in [2.05, 4.69) is 68.2 Å². The summed E-state index contributed by atoms with van der Waals surface area (Å²) in [5.74, 6) is 0. The van der Waals surface area contributed by atoms with Crippen LogP contribution in [-0.4, -0.2) is 4.98 Å². The Morgan fingerprint density at radius 1 is 0.731 bits per heavy atom. The number of H-pyrrole nitrogens is 1. The summed E-state index contributed by atoms with van der Waals surface area (Å²) in [4.78, 5) is 3.57. The van der Waals surface area contributed by atoms with Crippen LogP contribution in [0.3, 0.4) is 0 Å². The van der Waals surface area contributed by atoms with Gasteiger partial charge in [0.2, 0.25) is 0 Å². The lowest BCUT2D eigenvalue weighted by atomic mass is 9.74. The van der Waals surface area contributed by atoms with E-state index in [0.29, 0.717) is 5.41 Å². The Labute approximate surface area is 159 Å². The monoisotopic (exact) mass is 349 g/mol. The average Bonchev–Trinajstić information content (AvgIpc) is 3.04. The Morgan fingerprint density at radius 2 is 1.42 bits per heavy atom. The van der Waals surface area contributed by atoms with Crippen LogP contribution >= 0.6 is 0 Å². The van der Waals surface area contributed by atoms with E-state index in [4.69, 9.17) is 0 Å². The topological polar surface area (TPSA) is 15.8 Å². The van der Waals surface area contributed by atoms with Crippen LogP contribution < -0.4 is 0 Å². The molecule has 2 aromatic carbocycles. The van der Waals surface area contributed by atoms with Crippen molar-refractivity contribution >= 4 is 21.8 Å². The van der Waals surface area contributed by atoms with Gasteiger partial charge in [-0.25, -0.2) is 0 Å². The summed E-state index contributed by atoms with van der Waals surface area (Å²) in [6, 6.07) is 15.8. The Hall–Kier alpha value is -1.76. The molecule has 140 valence electrons. The number of aromatic amines is 1. The number of benzene rings is 2. The zero-order chi connectivity index (χ0) is 18.4. The van der Waals surface area contributed by atoms with Gasteiger partial charge in [0.25, 0.3) is 0 Å². The number of fused-ring (bicyclic) bond motifs is 3. The number of nitrogens with one attached hydrogen (secondary N) is 1. The van der Waals surface area contributed by atoms with Gasteiger partial charge in [0, 0.05) is 21.8 Å². The number of rotatable bonds is 10. The molecule has 0 saturated heterocycles. The van der Waals surface area contributed by atoms with E-state index in [1.807, 2.05) is 0 Å². The molecule has 0 aliphatic carbocycles. The van der Waals surface area contributed by atoms with Crippen LogP contribution in [0.25, 0.3) is 21.8 Å². The summed E-state index contributed by atoms with van der Waals surface area (Å²) in [6.45, 7) is 7.10. The van der Waals surface area contributed by atoms with Gasteiger partial charge < -0.3 is 4.98 Å². The van der Waals surface area contributed by atoms with Crippen molar-refractivity contribution in [3.8, 4) is 0 Å². The van der Waals surface area contributed by atoms with Crippen LogP contribution in [-0.2, 0) is 5.41 Å². The molecule has 0 aliphatic heterocycles. The number of unbranched alkanes of at least 4 members (excludes halogenated alkanes) is 5. The summed E-state index contributed by atoms with van der Waals surface area (Å²) in [7, 11) is 0. The average molecular weight is 350 g/mol. The van der Waals surface area contributed by atoms with Crippen molar-refractivity contribution in [2.24, 2.45) is 0 Å². The maximum Gasteiger partial charge on any atom is 0.0465 e. The van der Waals surface area contributed by atoms with Crippen LogP contribution in [0.1, 0.15) is 84.1 Å².